The molecular weight excluding hydrogens is 242 g/mol. The van der Waals surface area contributed by atoms with Crippen LogP contribution < -0.4 is 5.73 Å². The summed E-state index contributed by atoms with van der Waals surface area (Å²) in [6.45, 7) is 1.46. The zero-order valence-corrected chi connectivity index (χ0v) is 10.7. The molecule has 0 spiro atoms. The highest BCUT2D eigenvalue weighted by Crippen LogP contribution is 2.12. The molecule has 0 aliphatic carbocycles. The normalized spacial score (nSPS) is 15.8. The number of nitrogens with two attached hydrogens (primary N) is 1. The average molecular weight is 259 g/mol. The Balaban J connectivity index is 2.03. The molecule has 0 saturated carbocycles. The van der Waals surface area contributed by atoms with E-state index in [9.17, 15) is 9.90 Å². The van der Waals surface area contributed by atoms with E-state index >= 15 is 0 Å². The number of hydrogen-bond donors (Lipinski definition) is 2. The molecule has 1 fully saturated rings. The van der Waals surface area contributed by atoms with Crippen molar-refractivity contribution in [3.05, 3.63) is 29.6 Å². The van der Waals surface area contributed by atoms with Gasteiger partial charge in [-0.15, -0.1) is 0 Å². The quantitative estimate of drug-likeness (QED) is 0.695. The SMILES string of the molecule is NCC#Cc1ccc(C(=O)N2CCC(O)CC2)nc1. The van der Waals surface area contributed by atoms with Gasteiger partial charge >= 0.3 is 0 Å². The number of carbonyl (C=O) groups is 1. The average Bonchev–Trinajstić information content (AvgIpc) is 2.46. The molecule has 2 heterocycles. The van der Waals surface area contributed by atoms with Crippen LogP contribution in [-0.4, -0.2) is 46.6 Å². The van der Waals surface area contributed by atoms with E-state index in [2.05, 4.69) is 16.8 Å². The molecule has 1 aliphatic rings. The number of nitrogens with zero attached hydrogens (tertiary/aromatic N) is 2. The first-order valence-corrected chi connectivity index (χ1v) is 6.33. The Morgan fingerprint density at radius 1 is 1.47 bits per heavy atom. The van der Waals surface area contributed by atoms with Crippen LogP contribution in [0.4, 0.5) is 0 Å². The number of pyridine rings is 1. The van der Waals surface area contributed by atoms with E-state index in [4.69, 9.17) is 5.73 Å². The molecule has 19 heavy (non-hydrogen) atoms. The second-order valence-corrected chi connectivity index (χ2v) is 4.46. The first-order chi connectivity index (χ1) is 9.20. The molecular formula is C14H17N3O2. The van der Waals surface area contributed by atoms with Gasteiger partial charge < -0.3 is 15.7 Å². The van der Waals surface area contributed by atoms with Crippen molar-refractivity contribution >= 4 is 5.91 Å². The zero-order valence-electron chi connectivity index (χ0n) is 10.7. The van der Waals surface area contributed by atoms with E-state index in [1.807, 2.05) is 0 Å². The summed E-state index contributed by atoms with van der Waals surface area (Å²) in [6, 6.07) is 3.44. The van der Waals surface area contributed by atoms with E-state index in [0.29, 0.717) is 38.2 Å². The molecule has 0 aromatic carbocycles. The minimum atomic E-state index is -0.286. The summed E-state index contributed by atoms with van der Waals surface area (Å²) in [4.78, 5) is 18.0. The second kappa shape index (κ2) is 6.32. The van der Waals surface area contributed by atoms with Gasteiger partial charge in [0, 0.05) is 24.8 Å². The largest absolute Gasteiger partial charge is 0.393 e. The van der Waals surface area contributed by atoms with Crippen LogP contribution in [0.5, 0.6) is 0 Å². The molecule has 0 unspecified atom stereocenters. The Kier molecular flexibility index (Phi) is 4.50. The Morgan fingerprint density at radius 2 is 2.21 bits per heavy atom. The lowest BCUT2D eigenvalue weighted by Crippen LogP contribution is -2.40. The number of aromatic nitrogens is 1. The van der Waals surface area contributed by atoms with Crippen LogP contribution >= 0.6 is 0 Å². The summed E-state index contributed by atoms with van der Waals surface area (Å²) in [7, 11) is 0. The number of piperidine rings is 1. The first-order valence-electron chi connectivity index (χ1n) is 6.33. The van der Waals surface area contributed by atoms with Crippen molar-refractivity contribution in [1.29, 1.82) is 0 Å². The van der Waals surface area contributed by atoms with Gasteiger partial charge in [0.15, 0.2) is 0 Å². The fourth-order valence-corrected chi connectivity index (χ4v) is 1.98. The number of hydrogen-bond acceptors (Lipinski definition) is 4. The van der Waals surface area contributed by atoms with E-state index in [1.165, 1.54) is 0 Å². The van der Waals surface area contributed by atoms with Crippen LogP contribution in [0, 0.1) is 11.8 Å². The van der Waals surface area contributed by atoms with Crippen LogP contribution in [0.3, 0.4) is 0 Å². The highest BCUT2D eigenvalue weighted by atomic mass is 16.3. The molecule has 1 aromatic rings. The highest BCUT2D eigenvalue weighted by Gasteiger charge is 2.22. The Hall–Kier alpha value is -1.90. The summed E-state index contributed by atoms with van der Waals surface area (Å²) >= 11 is 0. The van der Waals surface area contributed by atoms with Crippen molar-refractivity contribution in [2.45, 2.75) is 18.9 Å². The standard InChI is InChI=1S/C14H17N3O2/c15-7-1-2-11-3-4-13(16-10-11)14(19)17-8-5-12(18)6-9-17/h3-4,10,12,18H,5-9,15H2. The van der Waals surface area contributed by atoms with Crippen molar-refractivity contribution in [2.75, 3.05) is 19.6 Å². The minimum Gasteiger partial charge on any atom is -0.393 e. The molecule has 3 N–H and O–H groups in total. The number of aliphatic hydroxyl groups excluding tert-OH is 1. The summed E-state index contributed by atoms with van der Waals surface area (Å²) < 4.78 is 0. The minimum absolute atomic E-state index is 0.0924. The number of aliphatic hydroxyl groups is 1. The summed E-state index contributed by atoms with van der Waals surface area (Å²) in [5, 5.41) is 9.42. The summed E-state index contributed by atoms with van der Waals surface area (Å²) in [6.07, 6.45) is 2.55. The van der Waals surface area contributed by atoms with Crippen LogP contribution in [0.25, 0.3) is 0 Å². The maximum absolute atomic E-state index is 12.2. The highest BCUT2D eigenvalue weighted by molar-refractivity contribution is 5.92. The fraction of sp³-hybridized carbons (Fsp3) is 0.429. The number of likely N-dealkylation sites (tertiary alicyclic amines) is 1. The molecule has 1 aliphatic heterocycles. The first kappa shape index (κ1) is 13.5. The molecule has 0 bridgehead atoms. The van der Waals surface area contributed by atoms with Crippen LogP contribution in [-0.2, 0) is 0 Å². The Morgan fingerprint density at radius 3 is 2.79 bits per heavy atom. The van der Waals surface area contributed by atoms with Crippen molar-refractivity contribution in [2.24, 2.45) is 5.73 Å². The maximum Gasteiger partial charge on any atom is 0.272 e. The van der Waals surface area contributed by atoms with Gasteiger partial charge in [0.1, 0.15) is 5.69 Å². The number of amides is 1. The fourth-order valence-electron chi connectivity index (χ4n) is 1.98. The lowest BCUT2D eigenvalue weighted by molar-refractivity contribution is 0.0541. The lowest BCUT2D eigenvalue weighted by Gasteiger charge is -2.29. The molecule has 1 aromatic heterocycles. The maximum atomic E-state index is 12.2. The van der Waals surface area contributed by atoms with Gasteiger partial charge in [-0.2, -0.15) is 0 Å². The topological polar surface area (TPSA) is 79.5 Å². The predicted octanol–water partition coefficient (Wildman–Crippen LogP) is -0.0113. The number of carbonyl (C=O) groups excluding carboxylic acids is 1. The van der Waals surface area contributed by atoms with Crippen LogP contribution in [0.15, 0.2) is 18.3 Å². The second-order valence-electron chi connectivity index (χ2n) is 4.46. The Labute approximate surface area is 112 Å². The van der Waals surface area contributed by atoms with E-state index in [1.54, 1.807) is 23.2 Å². The van der Waals surface area contributed by atoms with Crippen molar-refractivity contribution in [1.82, 2.24) is 9.88 Å². The smallest absolute Gasteiger partial charge is 0.272 e. The van der Waals surface area contributed by atoms with Gasteiger partial charge in [-0.3, -0.25) is 4.79 Å². The van der Waals surface area contributed by atoms with E-state index in [0.717, 1.165) is 5.56 Å². The third-order valence-electron chi connectivity index (χ3n) is 3.07. The molecule has 2 rings (SSSR count). The van der Waals surface area contributed by atoms with Crippen molar-refractivity contribution in [3.63, 3.8) is 0 Å². The van der Waals surface area contributed by atoms with Gasteiger partial charge in [-0.05, 0) is 25.0 Å². The molecule has 5 heteroatoms. The number of rotatable bonds is 1. The summed E-state index contributed by atoms with van der Waals surface area (Å²) in [5.74, 6) is 5.50. The Bertz CT molecular complexity index is 494. The van der Waals surface area contributed by atoms with Gasteiger partial charge in [-0.1, -0.05) is 11.8 Å². The van der Waals surface area contributed by atoms with Crippen LogP contribution in [0.2, 0.25) is 0 Å². The molecule has 100 valence electrons. The zero-order chi connectivity index (χ0) is 13.7. The van der Waals surface area contributed by atoms with E-state index in [-0.39, 0.29) is 12.0 Å². The molecule has 1 amide bonds. The monoisotopic (exact) mass is 259 g/mol. The van der Waals surface area contributed by atoms with Crippen LogP contribution in [0.1, 0.15) is 28.9 Å². The molecule has 0 atom stereocenters. The summed E-state index contributed by atoms with van der Waals surface area (Å²) in [5.41, 5.74) is 6.45. The van der Waals surface area contributed by atoms with Crippen molar-refractivity contribution in [3.8, 4) is 11.8 Å². The van der Waals surface area contributed by atoms with Gasteiger partial charge in [0.25, 0.3) is 5.91 Å². The van der Waals surface area contributed by atoms with Gasteiger partial charge in [0.2, 0.25) is 0 Å². The van der Waals surface area contributed by atoms with E-state index < -0.39 is 0 Å². The third-order valence-corrected chi connectivity index (χ3v) is 3.07. The third kappa shape index (κ3) is 3.53. The van der Waals surface area contributed by atoms with Crippen molar-refractivity contribution < 1.29 is 9.90 Å². The molecule has 1 saturated heterocycles. The lowest BCUT2D eigenvalue weighted by atomic mass is 10.1. The molecule has 5 nitrogen and oxygen atoms in total. The molecule has 0 radical (unpaired) electrons. The van der Waals surface area contributed by atoms with Gasteiger partial charge in [-0.25, -0.2) is 4.98 Å². The van der Waals surface area contributed by atoms with Gasteiger partial charge in [0.05, 0.1) is 12.6 Å². The predicted molar refractivity (Wildman–Crippen MR) is 71.3 cm³/mol.